The first-order chi connectivity index (χ1) is 21.4. The van der Waals surface area contributed by atoms with Gasteiger partial charge in [0.1, 0.15) is 17.8 Å². The summed E-state index contributed by atoms with van der Waals surface area (Å²) in [4.78, 5) is 25.8. The standard InChI is InChI=1S/C31H27ClF2N6O4S/c1-39(2)31(42)25-19(32)5-4-6-24(25)45-17-8-10-22(18(14-17)29-37-11-12-40(29)3)43-27-20(33)15-38-30(26(27)34)44-23-13-16(28(35)36)7-9-21(23)41/h4-11,13-15,29,41H,12H2,1-3H3,(H3,35,36). The van der Waals surface area contributed by atoms with Gasteiger partial charge in [-0.3, -0.25) is 20.1 Å². The maximum Gasteiger partial charge on any atom is 0.260 e. The zero-order valence-corrected chi connectivity index (χ0v) is 25.8. The maximum atomic E-state index is 15.7. The van der Waals surface area contributed by atoms with Crippen molar-refractivity contribution in [2.45, 2.75) is 16.0 Å². The highest BCUT2D eigenvalue weighted by atomic mass is 35.5. The van der Waals surface area contributed by atoms with Gasteiger partial charge in [0.25, 0.3) is 11.8 Å². The summed E-state index contributed by atoms with van der Waals surface area (Å²) < 4.78 is 42.0. The minimum Gasteiger partial charge on any atom is -0.504 e. The number of pyridine rings is 1. The predicted octanol–water partition coefficient (Wildman–Crippen LogP) is 6.46. The molecule has 1 aliphatic heterocycles. The molecular formula is C31H27ClF2N6O4S. The van der Waals surface area contributed by atoms with Gasteiger partial charge in [0, 0.05) is 47.8 Å². The molecule has 10 nitrogen and oxygen atoms in total. The molecule has 14 heteroatoms. The van der Waals surface area contributed by atoms with Crippen molar-refractivity contribution in [3.05, 3.63) is 94.1 Å². The van der Waals surface area contributed by atoms with E-state index >= 15 is 8.78 Å². The number of nitrogens with one attached hydrogen (secondary N) is 1. The summed E-state index contributed by atoms with van der Waals surface area (Å²) in [5.74, 6) is -4.89. The number of halogens is 3. The lowest BCUT2D eigenvalue weighted by Crippen LogP contribution is -2.22. The van der Waals surface area contributed by atoms with Gasteiger partial charge in [-0.05, 0) is 55.6 Å². The number of aliphatic imine (C=N–C) groups is 1. The van der Waals surface area contributed by atoms with Crippen LogP contribution in [0.5, 0.6) is 28.9 Å². The number of ether oxygens (including phenoxy) is 2. The molecule has 4 N–H and O–H groups in total. The van der Waals surface area contributed by atoms with Crippen LogP contribution in [0.25, 0.3) is 0 Å². The number of rotatable bonds is 9. The topological polar surface area (TPSA) is 137 Å². The van der Waals surface area contributed by atoms with Crippen LogP contribution < -0.4 is 15.2 Å². The lowest BCUT2D eigenvalue weighted by atomic mass is 10.1. The molecule has 1 aromatic heterocycles. The predicted molar refractivity (Wildman–Crippen MR) is 167 cm³/mol. The summed E-state index contributed by atoms with van der Waals surface area (Å²) in [5, 5.41) is 18.1. The molecule has 0 saturated carbocycles. The Hall–Kier alpha value is -4.72. The summed E-state index contributed by atoms with van der Waals surface area (Å²) in [7, 11) is 5.11. The molecular weight excluding hydrogens is 626 g/mol. The van der Waals surface area contributed by atoms with Gasteiger partial charge in [-0.1, -0.05) is 29.4 Å². The summed E-state index contributed by atoms with van der Waals surface area (Å²) in [6.45, 7) is 0.538. The van der Waals surface area contributed by atoms with E-state index in [2.05, 4.69) is 9.98 Å². The van der Waals surface area contributed by atoms with Gasteiger partial charge in [-0.25, -0.2) is 9.37 Å². The van der Waals surface area contributed by atoms with Crippen LogP contribution in [0.3, 0.4) is 0 Å². The van der Waals surface area contributed by atoms with Crippen molar-refractivity contribution in [1.29, 1.82) is 5.41 Å². The van der Waals surface area contributed by atoms with Crippen LogP contribution in [0.1, 0.15) is 27.7 Å². The van der Waals surface area contributed by atoms with Gasteiger partial charge in [0.15, 0.2) is 17.3 Å². The summed E-state index contributed by atoms with van der Waals surface area (Å²) in [6, 6.07) is 14.0. The largest absolute Gasteiger partial charge is 0.504 e. The summed E-state index contributed by atoms with van der Waals surface area (Å²) >= 11 is 7.70. The Kier molecular flexibility index (Phi) is 9.23. The van der Waals surface area contributed by atoms with E-state index in [1.54, 1.807) is 56.7 Å². The van der Waals surface area contributed by atoms with Gasteiger partial charge >= 0.3 is 0 Å². The number of hydrogen-bond donors (Lipinski definition) is 3. The van der Waals surface area contributed by atoms with Crippen LogP contribution in [0.4, 0.5) is 8.78 Å². The number of carbonyl (C=O) groups excluding carboxylic acids is 1. The summed E-state index contributed by atoms with van der Waals surface area (Å²) in [6.07, 6.45) is 1.92. The van der Waals surface area contributed by atoms with E-state index in [-0.39, 0.29) is 34.6 Å². The molecule has 3 aromatic carbocycles. The Morgan fingerprint density at radius 2 is 1.93 bits per heavy atom. The highest BCUT2D eigenvalue weighted by molar-refractivity contribution is 7.99. The second-order valence-electron chi connectivity index (χ2n) is 10.1. The highest BCUT2D eigenvalue weighted by Gasteiger charge is 2.27. The molecule has 1 atom stereocenters. The molecule has 4 aromatic rings. The third-order valence-electron chi connectivity index (χ3n) is 6.71. The van der Waals surface area contributed by atoms with E-state index in [1.807, 2.05) is 11.9 Å². The third-order valence-corrected chi connectivity index (χ3v) is 8.07. The molecule has 1 amide bonds. The SMILES string of the molecule is CN(C)C(=O)c1c(Cl)cccc1Sc1ccc(Oc2c(F)cnc(Oc3cc(C(=N)N)ccc3O)c2F)c(C2N=CCN2C)c1. The molecule has 0 saturated heterocycles. The fraction of sp³-hybridized carbons (Fsp3) is 0.161. The Bertz CT molecular complexity index is 1840. The fourth-order valence-electron chi connectivity index (χ4n) is 4.41. The first kappa shape index (κ1) is 31.7. The first-order valence-corrected chi connectivity index (χ1v) is 14.5. The minimum absolute atomic E-state index is 0.113. The van der Waals surface area contributed by atoms with E-state index in [4.69, 9.17) is 32.2 Å². The quantitative estimate of drug-likeness (QED) is 0.138. The second kappa shape index (κ2) is 13.1. The molecule has 0 spiro atoms. The molecule has 0 aliphatic carbocycles. The zero-order chi connectivity index (χ0) is 32.4. The smallest absolute Gasteiger partial charge is 0.260 e. The molecule has 232 valence electrons. The van der Waals surface area contributed by atoms with Crippen LogP contribution in [-0.4, -0.2) is 65.5 Å². The van der Waals surface area contributed by atoms with Crippen molar-refractivity contribution in [2.75, 3.05) is 27.7 Å². The molecule has 0 bridgehead atoms. The average Bonchev–Trinajstić information content (AvgIpc) is 3.43. The molecule has 2 heterocycles. The number of benzene rings is 3. The zero-order valence-electron chi connectivity index (χ0n) is 24.2. The molecule has 45 heavy (non-hydrogen) atoms. The van der Waals surface area contributed by atoms with Gasteiger partial charge in [0.05, 0.1) is 16.8 Å². The van der Waals surface area contributed by atoms with Gasteiger partial charge < -0.3 is 25.2 Å². The van der Waals surface area contributed by atoms with Gasteiger partial charge in [-0.15, -0.1) is 0 Å². The normalized spacial score (nSPS) is 14.4. The Morgan fingerprint density at radius 1 is 1.16 bits per heavy atom. The average molecular weight is 653 g/mol. The fourth-order valence-corrected chi connectivity index (χ4v) is 5.75. The van der Waals surface area contributed by atoms with E-state index in [0.717, 1.165) is 6.20 Å². The number of carbonyl (C=O) groups is 1. The van der Waals surface area contributed by atoms with Crippen LogP contribution in [0.2, 0.25) is 5.02 Å². The van der Waals surface area contributed by atoms with Crippen LogP contribution in [0.15, 0.2) is 75.6 Å². The molecule has 0 radical (unpaired) electrons. The number of aromatic nitrogens is 1. The van der Waals surface area contributed by atoms with Gasteiger partial charge in [0.2, 0.25) is 11.6 Å². The number of amides is 1. The maximum absolute atomic E-state index is 15.7. The van der Waals surface area contributed by atoms with Crippen molar-refractivity contribution in [1.82, 2.24) is 14.8 Å². The number of phenols is 1. The number of amidine groups is 1. The van der Waals surface area contributed by atoms with Crippen LogP contribution in [0, 0.1) is 17.0 Å². The Morgan fingerprint density at radius 3 is 2.62 bits per heavy atom. The lowest BCUT2D eigenvalue weighted by molar-refractivity contribution is 0.0824. The monoisotopic (exact) mass is 652 g/mol. The van der Waals surface area contributed by atoms with Crippen molar-refractivity contribution >= 4 is 41.3 Å². The van der Waals surface area contributed by atoms with Crippen LogP contribution >= 0.6 is 23.4 Å². The Balaban J connectivity index is 1.52. The van der Waals surface area contributed by atoms with Crippen molar-refractivity contribution in [3.8, 4) is 28.9 Å². The van der Waals surface area contributed by atoms with E-state index in [1.165, 1.54) is 34.9 Å². The molecule has 1 aliphatic rings. The number of nitrogen functional groups attached to an aromatic ring is 1. The number of phenolic OH excluding ortho intramolecular Hbond substituents is 1. The molecule has 1 unspecified atom stereocenters. The van der Waals surface area contributed by atoms with Crippen molar-refractivity contribution in [2.24, 2.45) is 10.7 Å². The number of hydrogen-bond acceptors (Lipinski definition) is 9. The third kappa shape index (κ3) is 6.70. The second-order valence-corrected chi connectivity index (χ2v) is 11.6. The highest BCUT2D eigenvalue weighted by Crippen LogP contribution is 2.42. The molecule has 0 fully saturated rings. The Labute approximate surface area is 266 Å². The van der Waals surface area contributed by atoms with E-state index in [9.17, 15) is 9.90 Å². The van der Waals surface area contributed by atoms with E-state index in [0.29, 0.717) is 32.5 Å². The van der Waals surface area contributed by atoms with Crippen molar-refractivity contribution < 1.29 is 28.2 Å². The summed E-state index contributed by atoms with van der Waals surface area (Å²) in [5.41, 5.74) is 6.56. The number of nitrogens with two attached hydrogens (primary N) is 1. The van der Waals surface area contributed by atoms with Crippen molar-refractivity contribution in [3.63, 3.8) is 0 Å². The first-order valence-electron chi connectivity index (χ1n) is 13.4. The van der Waals surface area contributed by atoms with E-state index < -0.39 is 29.4 Å². The lowest BCUT2D eigenvalue weighted by Gasteiger charge is -2.22. The minimum atomic E-state index is -1.26. The van der Waals surface area contributed by atoms with Crippen LogP contribution in [-0.2, 0) is 0 Å². The van der Waals surface area contributed by atoms with Gasteiger partial charge in [-0.2, -0.15) is 4.39 Å². The number of aromatic hydroxyl groups is 1. The molecule has 5 rings (SSSR count). The number of nitrogens with zero attached hydrogens (tertiary/aromatic N) is 4.